The molecule has 0 amide bonds. The van der Waals surface area contributed by atoms with Crippen molar-refractivity contribution in [3.05, 3.63) is 52.3 Å². The van der Waals surface area contributed by atoms with Gasteiger partial charge in [-0.1, -0.05) is 48.3 Å². The number of guanidine groups is 1. The Labute approximate surface area is 176 Å². The van der Waals surface area contributed by atoms with Crippen LogP contribution in [0.25, 0.3) is 0 Å². The van der Waals surface area contributed by atoms with Crippen molar-refractivity contribution < 1.29 is 8.42 Å². The van der Waals surface area contributed by atoms with E-state index in [9.17, 15) is 8.42 Å². The Hall–Kier alpha value is -1.70. The normalized spacial score (nSPS) is 13.4. The number of nitrogens with zero attached hydrogens (tertiary/aromatic N) is 2. The Morgan fingerprint density at radius 2 is 1.89 bits per heavy atom. The zero-order valence-electron chi connectivity index (χ0n) is 16.2. The average molecular weight is 445 g/mol. The number of aromatic nitrogens is 1. The molecule has 0 aliphatic heterocycles. The van der Waals surface area contributed by atoms with Crippen molar-refractivity contribution in [2.75, 3.05) is 12.3 Å². The van der Waals surface area contributed by atoms with Crippen LogP contribution in [0, 0.1) is 0 Å². The van der Waals surface area contributed by atoms with Crippen molar-refractivity contribution in [1.82, 2.24) is 15.2 Å². The van der Waals surface area contributed by atoms with E-state index in [0.717, 1.165) is 5.69 Å². The molecule has 9 heteroatoms. The highest BCUT2D eigenvalue weighted by molar-refractivity contribution is 7.91. The number of sulfone groups is 1. The van der Waals surface area contributed by atoms with Crippen LogP contribution < -0.4 is 10.6 Å². The van der Waals surface area contributed by atoms with Crippen molar-refractivity contribution >= 4 is 39.0 Å². The molecule has 1 unspecified atom stereocenters. The molecule has 0 spiro atoms. The maximum Gasteiger partial charge on any atom is 0.191 e. The molecule has 1 atom stereocenters. The molecule has 154 valence electrons. The standard InChI is InChI=1S/C19H26Cl2N4O2S/c1-4-14(13-28(26,27)16-9-7-6-8-10-16)24-19(22-5-2)23-12-15-11-17(20)18(21)25(15)3/h6-11,14H,4-5,12-13H2,1-3H3,(H2,22,23,24). The molecule has 1 aromatic heterocycles. The maximum absolute atomic E-state index is 12.7. The minimum atomic E-state index is -3.39. The molecule has 0 saturated heterocycles. The molecule has 1 aromatic carbocycles. The van der Waals surface area contributed by atoms with Gasteiger partial charge in [-0.2, -0.15) is 0 Å². The minimum absolute atomic E-state index is 0.0141. The predicted molar refractivity (Wildman–Crippen MR) is 116 cm³/mol. The zero-order valence-corrected chi connectivity index (χ0v) is 18.6. The summed E-state index contributed by atoms with van der Waals surface area (Å²) < 4.78 is 27.1. The average Bonchev–Trinajstić information content (AvgIpc) is 2.93. The van der Waals surface area contributed by atoms with Crippen LogP contribution in [0.15, 0.2) is 46.3 Å². The third-order valence-electron chi connectivity index (χ3n) is 4.32. The molecule has 28 heavy (non-hydrogen) atoms. The Balaban J connectivity index is 2.13. The van der Waals surface area contributed by atoms with E-state index in [1.165, 1.54) is 0 Å². The summed E-state index contributed by atoms with van der Waals surface area (Å²) in [6.07, 6.45) is 0.637. The molecular formula is C19H26Cl2N4O2S. The smallest absolute Gasteiger partial charge is 0.191 e. The lowest BCUT2D eigenvalue weighted by molar-refractivity contribution is 0.568. The number of rotatable bonds is 8. The van der Waals surface area contributed by atoms with Gasteiger partial charge in [0, 0.05) is 25.3 Å². The van der Waals surface area contributed by atoms with Crippen molar-refractivity contribution in [2.24, 2.45) is 12.0 Å². The Morgan fingerprint density at radius 3 is 2.43 bits per heavy atom. The lowest BCUT2D eigenvalue weighted by Crippen LogP contribution is -2.46. The Kier molecular flexibility index (Phi) is 8.22. The van der Waals surface area contributed by atoms with Crippen molar-refractivity contribution in [3.63, 3.8) is 0 Å². The second-order valence-electron chi connectivity index (χ2n) is 6.37. The van der Waals surface area contributed by atoms with Crippen LogP contribution in [-0.2, 0) is 23.4 Å². The van der Waals surface area contributed by atoms with E-state index in [-0.39, 0.29) is 11.8 Å². The van der Waals surface area contributed by atoms with Gasteiger partial charge in [0.2, 0.25) is 0 Å². The lowest BCUT2D eigenvalue weighted by Gasteiger charge is -2.20. The van der Waals surface area contributed by atoms with E-state index in [0.29, 0.717) is 40.5 Å². The highest BCUT2D eigenvalue weighted by Gasteiger charge is 2.21. The summed E-state index contributed by atoms with van der Waals surface area (Å²) in [4.78, 5) is 4.88. The van der Waals surface area contributed by atoms with E-state index >= 15 is 0 Å². The molecule has 0 aliphatic rings. The van der Waals surface area contributed by atoms with E-state index in [2.05, 4.69) is 15.6 Å². The summed E-state index contributed by atoms with van der Waals surface area (Å²) in [6.45, 7) is 4.91. The summed E-state index contributed by atoms with van der Waals surface area (Å²) >= 11 is 12.1. The molecule has 0 aliphatic carbocycles. The van der Waals surface area contributed by atoms with Crippen LogP contribution in [-0.4, -0.2) is 37.3 Å². The zero-order chi connectivity index (χ0) is 20.7. The number of hydrogen-bond acceptors (Lipinski definition) is 3. The fourth-order valence-electron chi connectivity index (χ4n) is 2.66. The van der Waals surface area contributed by atoms with Gasteiger partial charge in [0.05, 0.1) is 22.2 Å². The second kappa shape index (κ2) is 10.2. The first-order chi connectivity index (χ1) is 13.3. The van der Waals surface area contributed by atoms with Gasteiger partial charge in [-0.3, -0.25) is 0 Å². The number of nitrogens with one attached hydrogen (secondary N) is 2. The van der Waals surface area contributed by atoms with Gasteiger partial charge >= 0.3 is 0 Å². The Morgan fingerprint density at radius 1 is 1.21 bits per heavy atom. The van der Waals surface area contributed by atoms with E-state index in [4.69, 9.17) is 23.2 Å². The number of aliphatic imine (C=N–C) groups is 1. The first-order valence-electron chi connectivity index (χ1n) is 9.10. The SMILES string of the molecule is CCNC(=NCc1cc(Cl)c(Cl)n1C)NC(CC)CS(=O)(=O)c1ccccc1. The van der Waals surface area contributed by atoms with Crippen LogP contribution >= 0.6 is 23.2 Å². The van der Waals surface area contributed by atoms with Crippen LogP contribution in [0.1, 0.15) is 26.0 Å². The fraction of sp³-hybridized carbons (Fsp3) is 0.421. The summed E-state index contributed by atoms with van der Waals surface area (Å²) in [6, 6.07) is 9.98. The quantitative estimate of drug-likeness (QED) is 0.481. The summed E-state index contributed by atoms with van der Waals surface area (Å²) in [7, 11) is -1.57. The van der Waals surface area contributed by atoms with Gasteiger partial charge in [0.15, 0.2) is 15.8 Å². The van der Waals surface area contributed by atoms with Gasteiger partial charge in [0.25, 0.3) is 0 Å². The van der Waals surface area contributed by atoms with E-state index < -0.39 is 9.84 Å². The molecule has 1 heterocycles. The lowest BCUT2D eigenvalue weighted by atomic mass is 10.3. The number of halogens is 2. The van der Waals surface area contributed by atoms with Crippen molar-refractivity contribution in [2.45, 2.75) is 37.8 Å². The van der Waals surface area contributed by atoms with Crippen LogP contribution in [0.3, 0.4) is 0 Å². The fourth-order valence-corrected chi connectivity index (χ4v) is 4.69. The van der Waals surface area contributed by atoms with Crippen LogP contribution in [0.5, 0.6) is 0 Å². The third kappa shape index (κ3) is 5.90. The first-order valence-corrected chi connectivity index (χ1v) is 11.5. The molecular weight excluding hydrogens is 419 g/mol. The topological polar surface area (TPSA) is 75.5 Å². The predicted octanol–water partition coefficient (Wildman–Crippen LogP) is 3.64. The molecule has 2 aromatic rings. The van der Waals surface area contributed by atoms with Crippen molar-refractivity contribution in [3.8, 4) is 0 Å². The minimum Gasteiger partial charge on any atom is -0.357 e. The molecule has 0 fully saturated rings. The van der Waals surface area contributed by atoms with E-state index in [1.54, 1.807) is 41.0 Å². The third-order valence-corrected chi connectivity index (χ3v) is 6.99. The molecule has 0 radical (unpaired) electrons. The second-order valence-corrected chi connectivity index (χ2v) is 9.17. The highest BCUT2D eigenvalue weighted by Crippen LogP contribution is 2.25. The van der Waals surface area contributed by atoms with E-state index in [1.807, 2.05) is 20.9 Å². The Bertz CT molecular complexity index is 912. The summed E-state index contributed by atoms with van der Waals surface area (Å²) in [5.74, 6) is 0.533. The van der Waals surface area contributed by atoms with Gasteiger partial charge < -0.3 is 15.2 Å². The highest BCUT2D eigenvalue weighted by atomic mass is 35.5. The van der Waals surface area contributed by atoms with Gasteiger partial charge in [-0.05, 0) is 31.5 Å². The van der Waals surface area contributed by atoms with Crippen LogP contribution in [0.2, 0.25) is 10.2 Å². The van der Waals surface area contributed by atoms with Gasteiger partial charge in [0.1, 0.15) is 5.15 Å². The molecule has 0 bridgehead atoms. The molecule has 2 N–H and O–H groups in total. The molecule has 0 saturated carbocycles. The largest absolute Gasteiger partial charge is 0.357 e. The number of hydrogen-bond donors (Lipinski definition) is 2. The van der Waals surface area contributed by atoms with Gasteiger partial charge in [-0.25, -0.2) is 13.4 Å². The number of benzene rings is 1. The maximum atomic E-state index is 12.7. The monoisotopic (exact) mass is 444 g/mol. The van der Waals surface area contributed by atoms with Crippen LogP contribution in [0.4, 0.5) is 0 Å². The van der Waals surface area contributed by atoms with Crippen molar-refractivity contribution in [1.29, 1.82) is 0 Å². The first kappa shape index (κ1) is 22.6. The summed E-state index contributed by atoms with van der Waals surface area (Å²) in [5, 5.41) is 7.32. The van der Waals surface area contributed by atoms with Gasteiger partial charge in [-0.15, -0.1) is 0 Å². The molecule has 2 rings (SSSR count). The molecule has 6 nitrogen and oxygen atoms in total. The summed E-state index contributed by atoms with van der Waals surface area (Å²) in [5.41, 5.74) is 0.858.